The van der Waals surface area contributed by atoms with Crippen molar-refractivity contribution in [3.8, 4) is 0 Å². The van der Waals surface area contributed by atoms with Gasteiger partial charge in [-0.2, -0.15) is 0 Å². The van der Waals surface area contributed by atoms with Gasteiger partial charge in [0.15, 0.2) is 0 Å². The Morgan fingerprint density at radius 2 is 1.56 bits per heavy atom. The Balaban J connectivity index is 1.75. The molecule has 1 aromatic heterocycles. The Labute approximate surface area is 156 Å². The van der Waals surface area contributed by atoms with Gasteiger partial charge in [-0.15, -0.1) is 0 Å². The van der Waals surface area contributed by atoms with Gasteiger partial charge in [-0.3, -0.25) is 14.6 Å². The second-order valence-electron chi connectivity index (χ2n) is 5.89. The summed E-state index contributed by atoms with van der Waals surface area (Å²) in [6, 6.07) is 14.4. The molecule has 3 rings (SSSR count). The van der Waals surface area contributed by atoms with E-state index in [1.165, 1.54) is 42.7 Å². The van der Waals surface area contributed by atoms with Crippen LogP contribution < -0.4 is 10.6 Å². The number of rotatable bonds is 5. The van der Waals surface area contributed by atoms with Crippen LogP contribution in [0.2, 0.25) is 0 Å². The van der Waals surface area contributed by atoms with E-state index >= 15 is 0 Å². The molecule has 0 aliphatic heterocycles. The molecule has 0 fully saturated rings. The van der Waals surface area contributed by atoms with Crippen LogP contribution in [0.4, 0.5) is 15.8 Å². The zero-order chi connectivity index (χ0) is 19.2. The largest absolute Gasteiger partial charge is 0.322 e. The lowest BCUT2D eigenvalue weighted by Crippen LogP contribution is -2.16. The van der Waals surface area contributed by atoms with E-state index in [1.807, 2.05) is 31.2 Å². The molecule has 2 N–H and O–H groups in total. The number of carbonyl (C=O) groups is 2. The first-order valence-corrected chi connectivity index (χ1v) is 8.48. The van der Waals surface area contributed by atoms with E-state index in [2.05, 4.69) is 15.6 Å². The van der Waals surface area contributed by atoms with Gasteiger partial charge >= 0.3 is 0 Å². The van der Waals surface area contributed by atoms with E-state index in [-0.39, 0.29) is 22.9 Å². The molecule has 0 saturated heterocycles. The molecular formula is C21H18FN3O2. The number of nitrogens with zero attached hydrogens (tertiary/aromatic N) is 1. The quantitative estimate of drug-likeness (QED) is 0.710. The first kappa shape index (κ1) is 18.3. The third-order valence-corrected chi connectivity index (χ3v) is 4.01. The van der Waals surface area contributed by atoms with Crippen LogP contribution >= 0.6 is 0 Å². The number of carbonyl (C=O) groups excluding carboxylic acids is 2. The van der Waals surface area contributed by atoms with Crippen LogP contribution in [0.25, 0.3) is 0 Å². The second-order valence-corrected chi connectivity index (χ2v) is 5.89. The lowest BCUT2D eigenvalue weighted by molar-refractivity contribution is 0.102. The normalized spacial score (nSPS) is 10.3. The average Bonchev–Trinajstić information content (AvgIpc) is 2.70. The lowest BCUT2D eigenvalue weighted by atomic mass is 10.1. The van der Waals surface area contributed by atoms with E-state index < -0.39 is 5.91 Å². The molecule has 136 valence electrons. The minimum absolute atomic E-state index is 0.232. The number of aryl methyl sites for hydroxylation is 1. The summed E-state index contributed by atoms with van der Waals surface area (Å²) in [6.45, 7) is 2.01. The summed E-state index contributed by atoms with van der Waals surface area (Å²) in [4.78, 5) is 28.9. The van der Waals surface area contributed by atoms with Gasteiger partial charge < -0.3 is 10.6 Å². The Morgan fingerprint density at radius 3 is 2.22 bits per heavy atom. The van der Waals surface area contributed by atoms with Gasteiger partial charge in [-0.05, 0) is 48.4 Å². The molecule has 27 heavy (non-hydrogen) atoms. The minimum atomic E-state index is -0.433. The zero-order valence-corrected chi connectivity index (χ0v) is 14.7. The molecule has 0 spiro atoms. The van der Waals surface area contributed by atoms with Crippen LogP contribution in [0.5, 0.6) is 0 Å². The summed E-state index contributed by atoms with van der Waals surface area (Å²) in [7, 11) is 0. The van der Waals surface area contributed by atoms with Gasteiger partial charge in [-0.25, -0.2) is 4.39 Å². The topological polar surface area (TPSA) is 71.1 Å². The van der Waals surface area contributed by atoms with Crippen molar-refractivity contribution in [3.05, 3.63) is 89.5 Å². The summed E-state index contributed by atoms with van der Waals surface area (Å²) >= 11 is 0. The van der Waals surface area contributed by atoms with Gasteiger partial charge in [0.2, 0.25) is 0 Å². The Hall–Kier alpha value is -3.54. The van der Waals surface area contributed by atoms with E-state index in [9.17, 15) is 14.0 Å². The first-order valence-electron chi connectivity index (χ1n) is 8.48. The molecular weight excluding hydrogens is 345 g/mol. The molecule has 0 unspecified atom stereocenters. The Kier molecular flexibility index (Phi) is 5.56. The smallest absolute Gasteiger partial charge is 0.257 e. The molecule has 2 amide bonds. The van der Waals surface area contributed by atoms with Gasteiger partial charge in [0, 0.05) is 23.8 Å². The predicted molar refractivity (Wildman–Crippen MR) is 102 cm³/mol. The highest BCUT2D eigenvalue weighted by Gasteiger charge is 2.13. The second kappa shape index (κ2) is 8.23. The number of benzene rings is 2. The van der Waals surface area contributed by atoms with Crippen molar-refractivity contribution in [1.29, 1.82) is 0 Å². The van der Waals surface area contributed by atoms with Crippen molar-refractivity contribution >= 4 is 23.2 Å². The van der Waals surface area contributed by atoms with Crippen molar-refractivity contribution in [2.45, 2.75) is 13.3 Å². The SMILES string of the molecule is CCc1ccccc1NC(=O)c1cncc(C(=O)Nc2ccc(F)cc2)c1. The first-order chi connectivity index (χ1) is 13.1. The minimum Gasteiger partial charge on any atom is -0.322 e. The molecule has 5 nitrogen and oxygen atoms in total. The number of hydrogen-bond donors (Lipinski definition) is 2. The fourth-order valence-electron chi connectivity index (χ4n) is 2.57. The number of para-hydroxylation sites is 1. The number of amides is 2. The maximum Gasteiger partial charge on any atom is 0.257 e. The van der Waals surface area contributed by atoms with Crippen molar-refractivity contribution in [2.24, 2.45) is 0 Å². The molecule has 0 atom stereocenters. The monoisotopic (exact) mass is 363 g/mol. The lowest BCUT2D eigenvalue weighted by Gasteiger charge is -2.10. The van der Waals surface area contributed by atoms with Gasteiger partial charge in [0.05, 0.1) is 11.1 Å². The summed E-state index contributed by atoms with van der Waals surface area (Å²) < 4.78 is 13.0. The molecule has 6 heteroatoms. The van der Waals surface area contributed by atoms with Crippen LogP contribution in [0.15, 0.2) is 67.0 Å². The number of pyridine rings is 1. The third kappa shape index (κ3) is 4.55. The molecule has 0 aliphatic rings. The maximum absolute atomic E-state index is 13.0. The summed E-state index contributed by atoms with van der Waals surface area (Å²) in [6.07, 6.45) is 3.56. The number of nitrogens with one attached hydrogen (secondary N) is 2. The van der Waals surface area contributed by atoms with Crippen LogP contribution in [0.3, 0.4) is 0 Å². The average molecular weight is 363 g/mol. The van der Waals surface area contributed by atoms with E-state index in [4.69, 9.17) is 0 Å². The van der Waals surface area contributed by atoms with Crippen molar-refractivity contribution in [1.82, 2.24) is 4.98 Å². The summed E-state index contributed by atoms with van der Waals surface area (Å²) in [5.74, 6) is -1.17. The van der Waals surface area contributed by atoms with E-state index in [1.54, 1.807) is 0 Å². The fourth-order valence-corrected chi connectivity index (χ4v) is 2.57. The number of anilines is 2. The molecule has 0 saturated carbocycles. The van der Waals surface area contributed by atoms with Crippen LogP contribution in [0.1, 0.15) is 33.2 Å². The van der Waals surface area contributed by atoms with Crippen molar-refractivity contribution in [3.63, 3.8) is 0 Å². The van der Waals surface area contributed by atoms with Crippen LogP contribution in [-0.2, 0) is 6.42 Å². The van der Waals surface area contributed by atoms with Gasteiger partial charge in [-0.1, -0.05) is 25.1 Å². The molecule has 3 aromatic rings. The highest BCUT2D eigenvalue weighted by Crippen LogP contribution is 2.17. The highest BCUT2D eigenvalue weighted by molar-refractivity contribution is 6.08. The number of hydrogen-bond acceptors (Lipinski definition) is 3. The summed E-state index contributed by atoms with van der Waals surface area (Å²) in [5.41, 5.74) is 2.70. The summed E-state index contributed by atoms with van der Waals surface area (Å²) in [5, 5.41) is 5.49. The Morgan fingerprint density at radius 1 is 0.926 bits per heavy atom. The standard InChI is InChI=1S/C21H18FN3O2/c1-2-14-5-3-4-6-19(14)25-21(27)16-11-15(12-23-13-16)20(26)24-18-9-7-17(22)8-10-18/h3-13H,2H2,1H3,(H,24,26)(H,25,27). The molecule has 2 aromatic carbocycles. The van der Waals surface area contributed by atoms with Gasteiger partial charge in [0.25, 0.3) is 11.8 Å². The molecule has 0 radical (unpaired) electrons. The maximum atomic E-state index is 13.0. The molecule has 0 aliphatic carbocycles. The van der Waals surface area contributed by atoms with Crippen molar-refractivity contribution in [2.75, 3.05) is 10.6 Å². The number of aromatic nitrogens is 1. The number of halogens is 1. The van der Waals surface area contributed by atoms with Crippen LogP contribution in [-0.4, -0.2) is 16.8 Å². The molecule has 1 heterocycles. The van der Waals surface area contributed by atoms with Crippen molar-refractivity contribution < 1.29 is 14.0 Å². The van der Waals surface area contributed by atoms with E-state index in [0.29, 0.717) is 5.69 Å². The highest BCUT2D eigenvalue weighted by atomic mass is 19.1. The Bertz CT molecular complexity index is 971. The third-order valence-electron chi connectivity index (χ3n) is 4.01. The fraction of sp³-hybridized carbons (Fsp3) is 0.0952. The zero-order valence-electron chi connectivity index (χ0n) is 14.7. The van der Waals surface area contributed by atoms with E-state index in [0.717, 1.165) is 17.7 Å². The predicted octanol–water partition coefficient (Wildman–Crippen LogP) is 4.29. The van der Waals surface area contributed by atoms with Crippen LogP contribution in [0, 0.1) is 5.82 Å². The van der Waals surface area contributed by atoms with Gasteiger partial charge in [0.1, 0.15) is 5.82 Å². The molecule has 0 bridgehead atoms.